The molecule has 2 atom stereocenters. The fourth-order valence-electron chi connectivity index (χ4n) is 3.35. The maximum Gasteiger partial charge on any atom is 0.317 e. The normalized spacial score (nSPS) is 21.6. The van der Waals surface area contributed by atoms with Crippen molar-refractivity contribution in [2.45, 2.75) is 13.0 Å². The zero-order chi connectivity index (χ0) is 21.1. The van der Waals surface area contributed by atoms with Crippen molar-refractivity contribution in [3.05, 3.63) is 39.9 Å². The number of nitro benzene ring substituents is 1. The molecule has 0 saturated carbocycles. The van der Waals surface area contributed by atoms with Crippen LogP contribution in [0.1, 0.15) is 18.5 Å². The predicted molar refractivity (Wildman–Crippen MR) is 91.8 cm³/mol. The number of nitrogens with zero attached hydrogens (tertiary/aromatic N) is 6. The van der Waals surface area contributed by atoms with Gasteiger partial charge in [-0.2, -0.15) is 21.0 Å². The van der Waals surface area contributed by atoms with Gasteiger partial charge in [-0.15, -0.1) is 0 Å². The maximum absolute atomic E-state index is 12.3. The molecule has 138 valence electrons. The first-order valence-electron chi connectivity index (χ1n) is 7.80. The lowest BCUT2D eigenvalue weighted by Crippen LogP contribution is -2.55. The second kappa shape index (κ2) is 7.15. The number of rotatable bonds is 3. The minimum atomic E-state index is -2.40. The molecule has 0 aliphatic carbocycles. The minimum absolute atomic E-state index is 0.0411. The van der Waals surface area contributed by atoms with E-state index in [4.69, 9.17) is 0 Å². The van der Waals surface area contributed by atoms with Gasteiger partial charge in [0.05, 0.1) is 36.3 Å². The van der Waals surface area contributed by atoms with E-state index < -0.39 is 33.7 Å². The van der Waals surface area contributed by atoms with E-state index in [-0.39, 0.29) is 17.0 Å². The first-order valence-corrected chi connectivity index (χ1v) is 7.80. The second-order valence-electron chi connectivity index (χ2n) is 6.04. The standard InChI is InChI=1S/C18H12N6O4/c1-11-14(16(25)28-2)17(7-19,8-20)18(9-21,10-22)15(23-11)12-3-5-13(6-4-12)24(26)27/h3-6,14-15H,1-2H3. The van der Waals surface area contributed by atoms with E-state index in [1.807, 2.05) is 0 Å². The van der Waals surface area contributed by atoms with E-state index in [1.165, 1.54) is 19.1 Å². The first kappa shape index (κ1) is 20.0. The van der Waals surface area contributed by atoms with Crippen LogP contribution in [0.4, 0.5) is 5.69 Å². The van der Waals surface area contributed by atoms with Crippen molar-refractivity contribution in [2.24, 2.45) is 21.7 Å². The molecule has 0 N–H and O–H groups in total. The quantitative estimate of drug-likeness (QED) is 0.436. The van der Waals surface area contributed by atoms with E-state index in [2.05, 4.69) is 9.73 Å². The summed E-state index contributed by atoms with van der Waals surface area (Å²) in [6.45, 7) is 1.39. The summed E-state index contributed by atoms with van der Waals surface area (Å²) >= 11 is 0. The third kappa shape index (κ3) is 2.53. The number of methoxy groups -OCH3 is 1. The summed E-state index contributed by atoms with van der Waals surface area (Å²) in [5.74, 6) is -2.51. The lowest BCUT2D eigenvalue weighted by Gasteiger charge is -2.43. The Morgan fingerprint density at radius 2 is 1.61 bits per heavy atom. The second-order valence-corrected chi connectivity index (χ2v) is 6.04. The molecule has 0 aromatic heterocycles. The van der Waals surface area contributed by atoms with Gasteiger partial charge in [-0.25, -0.2) is 0 Å². The molecule has 1 aromatic rings. The van der Waals surface area contributed by atoms with E-state index in [0.717, 1.165) is 19.2 Å². The number of aliphatic imine (C=N–C) groups is 1. The maximum atomic E-state index is 12.3. The van der Waals surface area contributed by atoms with Gasteiger partial charge in [-0.1, -0.05) is 0 Å². The molecule has 0 fully saturated rings. The molecule has 0 amide bonds. The lowest BCUT2D eigenvalue weighted by atomic mass is 9.53. The molecule has 0 spiro atoms. The van der Waals surface area contributed by atoms with Gasteiger partial charge in [-0.3, -0.25) is 19.9 Å². The van der Waals surface area contributed by atoms with Crippen molar-refractivity contribution in [3.63, 3.8) is 0 Å². The van der Waals surface area contributed by atoms with Crippen LogP contribution in [0.15, 0.2) is 29.3 Å². The van der Waals surface area contributed by atoms with Crippen LogP contribution in [0.5, 0.6) is 0 Å². The average molecular weight is 376 g/mol. The van der Waals surface area contributed by atoms with Crippen LogP contribution < -0.4 is 0 Å². The first-order chi connectivity index (χ1) is 13.3. The van der Waals surface area contributed by atoms with Crippen molar-refractivity contribution in [1.29, 1.82) is 21.0 Å². The molecule has 1 heterocycles. The van der Waals surface area contributed by atoms with Gasteiger partial charge in [0.15, 0.2) is 5.41 Å². The summed E-state index contributed by atoms with van der Waals surface area (Å²) in [6.07, 6.45) is 0. The van der Waals surface area contributed by atoms with Crippen LogP contribution in [-0.2, 0) is 9.53 Å². The summed E-state index contributed by atoms with van der Waals surface area (Å²) < 4.78 is 4.67. The van der Waals surface area contributed by atoms with Gasteiger partial charge in [0.25, 0.3) is 5.69 Å². The minimum Gasteiger partial charge on any atom is -0.468 e. The van der Waals surface area contributed by atoms with Gasteiger partial charge < -0.3 is 4.74 Å². The Morgan fingerprint density at radius 1 is 1.11 bits per heavy atom. The number of hydrogen-bond acceptors (Lipinski definition) is 9. The van der Waals surface area contributed by atoms with Crippen molar-refractivity contribution in [1.82, 2.24) is 0 Å². The number of benzene rings is 1. The third-order valence-corrected chi connectivity index (χ3v) is 4.78. The van der Waals surface area contributed by atoms with Crippen LogP contribution in [0.2, 0.25) is 0 Å². The van der Waals surface area contributed by atoms with Crippen molar-refractivity contribution in [3.8, 4) is 24.3 Å². The molecular weight excluding hydrogens is 364 g/mol. The Balaban J connectivity index is 2.86. The third-order valence-electron chi connectivity index (χ3n) is 4.78. The molecule has 2 rings (SSSR count). The number of nitriles is 4. The highest BCUT2D eigenvalue weighted by Crippen LogP contribution is 2.56. The number of ether oxygens (including phenoxy) is 1. The van der Waals surface area contributed by atoms with Crippen LogP contribution in [0, 0.1) is 72.2 Å². The number of nitro groups is 1. The summed E-state index contributed by atoms with van der Waals surface area (Å²) in [6, 6.07) is 10.4. The van der Waals surface area contributed by atoms with Crippen LogP contribution >= 0.6 is 0 Å². The Labute approximate surface area is 159 Å². The molecular formula is C18H12N6O4. The van der Waals surface area contributed by atoms with Gasteiger partial charge in [0, 0.05) is 17.8 Å². The molecule has 0 radical (unpaired) electrons. The molecule has 10 heteroatoms. The van der Waals surface area contributed by atoms with Crippen molar-refractivity contribution < 1.29 is 14.5 Å². The Bertz CT molecular complexity index is 1000. The zero-order valence-electron chi connectivity index (χ0n) is 14.8. The Kier molecular flexibility index (Phi) is 5.12. The molecule has 1 aromatic carbocycles. The number of carbonyl (C=O) groups is 1. The molecule has 2 unspecified atom stereocenters. The Morgan fingerprint density at radius 3 is 2.00 bits per heavy atom. The summed E-state index contributed by atoms with van der Waals surface area (Å²) in [5.41, 5.74) is -4.72. The number of carbonyl (C=O) groups excluding carboxylic acids is 1. The van der Waals surface area contributed by atoms with Gasteiger partial charge >= 0.3 is 5.97 Å². The van der Waals surface area contributed by atoms with E-state index in [1.54, 1.807) is 24.3 Å². The topological polar surface area (TPSA) is 177 Å². The Hall–Kier alpha value is -4.28. The summed E-state index contributed by atoms with van der Waals surface area (Å²) in [4.78, 5) is 26.8. The molecule has 0 bridgehead atoms. The fourth-order valence-corrected chi connectivity index (χ4v) is 3.35. The monoisotopic (exact) mass is 376 g/mol. The SMILES string of the molecule is COC(=O)C1C(C)=NC(c2ccc([N+](=O)[O-])cc2)C(C#N)(C#N)C1(C#N)C#N. The molecule has 1 aliphatic rings. The zero-order valence-corrected chi connectivity index (χ0v) is 14.8. The van der Waals surface area contributed by atoms with Gasteiger partial charge in [0.2, 0.25) is 5.41 Å². The molecule has 10 nitrogen and oxygen atoms in total. The van der Waals surface area contributed by atoms with E-state index >= 15 is 0 Å². The van der Waals surface area contributed by atoms with E-state index in [0.29, 0.717) is 0 Å². The largest absolute Gasteiger partial charge is 0.468 e. The van der Waals surface area contributed by atoms with Crippen molar-refractivity contribution >= 4 is 17.4 Å². The van der Waals surface area contributed by atoms with Crippen LogP contribution in [-0.4, -0.2) is 23.7 Å². The summed E-state index contributed by atoms with van der Waals surface area (Å²) in [7, 11) is 1.05. The summed E-state index contributed by atoms with van der Waals surface area (Å²) in [5, 5.41) is 50.3. The lowest BCUT2D eigenvalue weighted by molar-refractivity contribution is -0.384. The fraction of sp³-hybridized carbons (Fsp3) is 0.333. The number of non-ortho nitro benzene ring substituents is 1. The highest BCUT2D eigenvalue weighted by Gasteiger charge is 2.68. The van der Waals surface area contributed by atoms with E-state index in [9.17, 15) is 36.0 Å². The smallest absolute Gasteiger partial charge is 0.317 e. The highest BCUT2D eigenvalue weighted by molar-refractivity contribution is 6.04. The number of esters is 1. The molecule has 28 heavy (non-hydrogen) atoms. The molecule has 1 aliphatic heterocycles. The molecule has 0 saturated heterocycles. The average Bonchev–Trinajstić information content (AvgIpc) is 2.72. The highest BCUT2D eigenvalue weighted by atomic mass is 16.6. The van der Waals surface area contributed by atoms with Gasteiger partial charge in [0.1, 0.15) is 12.0 Å². The van der Waals surface area contributed by atoms with Crippen molar-refractivity contribution in [2.75, 3.05) is 7.11 Å². The van der Waals surface area contributed by atoms with Crippen LogP contribution in [0.3, 0.4) is 0 Å². The van der Waals surface area contributed by atoms with Crippen LogP contribution in [0.25, 0.3) is 0 Å². The number of hydrogen-bond donors (Lipinski definition) is 0. The predicted octanol–water partition coefficient (Wildman–Crippen LogP) is 1.97. The van der Waals surface area contributed by atoms with Gasteiger partial charge in [-0.05, 0) is 24.6 Å².